The van der Waals surface area contributed by atoms with Gasteiger partial charge in [-0.3, -0.25) is 4.31 Å². The second-order valence-electron chi connectivity index (χ2n) is 5.65. The summed E-state index contributed by atoms with van der Waals surface area (Å²) in [6.07, 6.45) is 0. The molecule has 0 heterocycles. The van der Waals surface area contributed by atoms with Crippen molar-refractivity contribution >= 4 is 15.7 Å². The van der Waals surface area contributed by atoms with Gasteiger partial charge in [0.1, 0.15) is 0 Å². The minimum atomic E-state index is -3.63. The summed E-state index contributed by atoms with van der Waals surface area (Å²) in [5.74, 6) is 0. The second-order valence-corrected chi connectivity index (χ2v) is 7.51. The van der Waals surface area contributed by atoms with Crippen LogP contribution in [-0.2, 0) is 16.6 Å². The van der Waals surface area contributed by atoms with Gasteiger partial charge < -0.3 is 0 Å². The molecule has 3 aromatic rings. The Labute approximate surface area is 143 Å². The highest BCUT2D eigenvalue weighted by Gasteiger charge is 2.24. The lowest BCUT2D eigenvalue weighted by atomic mass is 10.1. The van der Waals surface area contributed by atoms with Crippen molar-refractivity contribution in [2.75, 3.05) is 4.31 Å². The summed E-state index contributed by atoms with van der Waals surface area (Å²) in [4.78, 5) is 0.293. The number of hydrogen-bond donors (Lipinski definition) is 0. The van der Waals surface area contributed by atoms with Gasteiger partial charge in [-0.25, -0.2) is 8.42 Å². The van der Waals surface area contributed by atoms with Gasteiger partial charge in [0.2, 0.25) is 0 Å². The maximum Gasteiger partial charge on any atom is 0.264 e. The van der Waals surface area contributed by atoms with Crippen LogP contribution >= 0.6 is 0 Å². The van der Waals surface area contributed by atoms with Gasteiger partial charge in [-0.05, 0) is 36.8 Å². The van der Waals surface area contributed by atoms with Crippen LogP contribution in [0.2, 0.25) is 0 Å². The van der Waals surface area contributed by atoms with Crippen molar-refractivity contribution in [1.29, 1.82) is 0 Å². The van der Waals surface area contributed by atoms with Crippen LogP contribution in [0.3, 0.4) is 0 Å². The molecular weight excluding hydrogens is 318 g/mol. The molecule has 0 N–H and O–H groups in total. The van der Waals surface area contributed by atoms with Crippen LogP contribution < -0.4 is 4.31 Å². The van der Waals surface area contributed by atoms with Crippen molar-refractivity contribution in [2.45, 2.75) is 18.4 Å². The fourth-order valence-corrected chi connectivity index (χ4v) is 3.96. The van der Waals surface area contributed by atoms with E-state index in [1.54, 1.807) is 24.3 Å². The Morgan fingerprint density at radius 3 is 1.88 bits per heavy atom. The van der Waals surface area contributed by atoms with Crippen molar-refractivity contribution < 1.29 is 8.42 Å². The van der Waals surface area contributed by atoms with Gasteiger partial charge in [0.15, 0.2) is 0 Å². The Kier molecular flexibility index (Phi) is 4.67. The Balaban J connectivity index is 2.04. The molecule has 24 heavy (non-hydrogen) atoms. The topological polar surface area (TPSA) is 37.4 Å². The smallest absolute Gasteiger partial charge is 0.262 e. The third-order valence-corrected chi connectivity index (χ3v) is 5.61. The molecule has 0 aliphatic rings. The summed E-state index contributed by atoms with van der Waals surface area (Å²) in [6.45, 7) is 2.31. The Morgan fingerprint density at radius 2 is 1.29 bits per heavy atom. The van der Waals surface area contributed by atoms with E-state index >= 15 is 0 Å². The van der Waals surface area contributed by atoms with E-state index in [0.717, 1.165) is 11.1 Å². The molecule has 0 radical (unpaired) electrons. The van der Waals surface area contributed by atoms with E-state index in [0.29, 0.717) is 17.1 Å². The molecule has 0 fully saturated rings. The molecule has 3 aromatic carbocycles. The lowest BCUT2D eigenvalue weighted by molar-refractivity contribution is 0.590. The summed E-state index contributed by atoms with van der Waals surface area (Å²) in [6, 6.07) is 25.7. The molecule has 0 saturated heterocycles. The number of hydrogen-bond acceptors (Lipinski definition) is 2. The highest BCUT2D eigenvalue weighted by atomic mass is 32.2. The zero-order chi connectivity index (χ0) is 17.0. The van der Waals surface area contributed by atoms with Crippen molar-refractivity contribution in [3.63, 3.8) is 0 Å². The second kappa shape index (κ2) is 6.89. The summed E-state index contributed by atoms with van der Waals surface area (Å²) >= 11 is 0. The van der Waals surface area contributed by atoms with Gasteiger partial charge in [0.05, 0.1) is 17.1 Å². The van der Waals surface area contributed by atoms with E-state index in [9.17, 15) is 8.42 Å². The fourth-order valence-electron chi connectivity index (χ4n) is 2.49. The molecule has 0 saturated carbocycles. The van der Waals surface area contributed by atoms with Gasteiger partial charge in [0.25, 0.3) is 10.0 Å². The molecule has 0 aliphatic carbocycles. The average molecular weight is 337 g/mol. The molecular formula is C20H19NO2S. The molecule has 0 bridgehead atoms. The van der Waals surface area contributed by atoms with Crippen molar-refractivity contribution in [3.05, 3.63) is 96.1 Å². The number of rotatable bonds is 5. The Hall–Kier alpha value is -2.59. The average Bonchev–Trinajstić information content (AvgIpc) is 2.62. The van der Waals surface area contributed by atoms with E-state index in [-0.39, 0.29) is 0 Å². The number of para-hydroxylation sites is 1. The van der Waals surface area contributed by atoms with Crippen LogP contribution in [0.25, 0.3) is 0 Å². The van der Waals surface area contributed by atoms with Gasteiger partial charge in [0, 0.05) is 0 Å². The predicted octanol–water partition coefficient (Wildman–Crippen LogP) is 4.39. The SMILES string of the molecule is Cc1ccc(CN(c2ccccc2)S(=O)(=O)c2ccccc2)cc1. The molecule has 0 amide bonds. The molecule has 3 rings (SSSR count). The molecule has 0 atom stereocenters. The van der Waals surface area contributed by atoms with Crippen LogP contribution in [0.1, 0.15) is 11.1 Å². The molecule has 122 valence electrons. The van der Waals surface area contributed by atoms with Gasteiger partial charge in [-0.2, -0.15) is 0 Å². The van der Waals surface area contributed by atoms with Crippen molar-refractivity contribution in [3.8, 4) is 0 Å². The van der Waals surface area contributed by atoms with Gasteiger partial charge in [-0.1, -0.05) is 66.2 Å². The third kappa shape index (κ3) is 3.49. The highest BCUT2D eigenvalue weighted by molar-refractivity contribution is 7.92. The van der Waals surface area contributed by atoms with Gasteiger partial charge >= 0.3 is 0 Å². The lowest BCUT2D eigenvalue weighted by Gasteiger charge is -2.24. The zero-order valence-electron chi connectivity index (χ0n) is 13.5. The molecule has 0 spiro atoms. The minimum absolute atomic E-state index is 0.293. The maximum atomic E-state index is 13.1. The standard InChI is InChI=1S/C20H19NO2S/c1-17-12-14-18(15-13-17)16-21(19-8-4-2-5-9-19)24(22,23)20-10-6-3-7-11-20/h2-15H,16H2,1H3. The van der Waals surface area contributed by atoms with E-state index in [4.69, 9.17) is 0 Å². The first-order valence-electron chi connectivity index (χ1n) is 7.76. The van der Waals surface area contributed by atoms with Crippen LogP contribution in [0, 0.1) is 6.92 Å². The van der Waals surface area contributed by atoms with Crippen LogP contribution in [0.5, 0.6) is 0 Å². The van der Waals surface area contributed by atoms with E-state index in [2.05, 4.69) is 0 Å². The van der Waals surface area contributed by atoms with Gasteiger partial charge in [-0.15, -0.1) is 0 Å². The van der Waals surface area contributed by atoms with Crippen LogP contribution in [0.15, 0.2) is 89.8 Å². The van der Waals surface area contributed by atoms with E-state index in [1.165, 1.54) is 4.31 Å². The molecule has 3 nitrogen and oxygen atoms in total. The minimum Gasteiger partial charge on any atom is -0.262 e. The van der Waals surface area contributed by atoms with Crippen molar-refractivity contribution in [1.82, 2.24) is 0 Å². The molecule has 0 aromatic heterocycles. The van der Waals surface area contributed by atoms with E-state index < -0.39 is 10.0 Å². The van der Waals surface area contributed by atoms with E-state index in [1.807, 2.05) is 67.6 Å². The number of nitrogens with zero attached hydrogens (tertiary/aromatic N) is 1. The quantitative estimate of drug-likeness (QED) is 0.692. The summed E-state index contributed by atoms with van der Waals surface area (Å²) in [7, 11) is -3.63. The zero-order valence-corrected chi connectivity index (χ0v) is 14.3. The number of sulfonamides is 1. The Morgan fingerprint density at radius 1 is 0.750 bits per heavy atom. The first kappa shape index (κ1) is 16.3. The number of anilines is 1. The maximum absolute atomic E-state index is 13.1. The largest absolute Gasteiger partial charge is 0.264 e. The molecule has 0 aliphatic heterocycles. The number of aryl methyl sites for hydroxylation is 1. The van der Waals surface area contributed by atoms with Crippen LogP contribution in [0.4, 0.5) is 5.69 Å². The normalized spacial score (nSPS) is 11.2. The summed E-state index contributed by atoms with van der Waals surface area (Å²) < 4.78 is 27.7. The first-order valence-corrected chi connectivity index (χ1v) is 9.20. The summed E-state index contributed by atoms with van der Waals surface area (Å²) in [5, 5.41) is 0. The first-order chi connectivity index (χ1) is 11.6. The molecule has 4 heteroatoms. The summed E-state index contributed by atoms with van der Waals surface area (Å²) in [5.41, 5.74) is 2.75. The third-order valence-electron chi connectivity index (χ3n) is 3.82. The highest BCUT2D eigenvalue weighted by Crippen LogP contribution is 2.25. The number of benzene rings is 3. The van der Waals surface area contributed by atoms with Crippen molar-refractivity contribution in [2.24, 2.45) is 0 Å². The lowest BCUT2D eigenvalue weighted by Crippen LogP contribution is -2.30. The molecule has 0 unspecified atom stereocenters. The predicted molar refractivity (Wildman–Crippen MR) is 97.4 cm³/mol. The Bertz CT molecular complexity index is 889. The fraction of sp³-hybridized carbons (Fsp3) is 0.100. The monoisotopic (exact) mass is 337 g/mol. The van der Waals surface area contributed by atoms with Crippen LogP contribution in [-0.4, -0.2) is 8.42 Å².